The minimum atomic E-state index is -0.700. The fourth-order valence-corrected chi connectivity index (χ4v) is 2.71. The second-order valence-corrected chi connectivity index (χ2v) is 5.63. The summed E-state index contributed by atoms with van der Waals surface area (Å²) >= 11 is 1.50. The summed E-state index contributed by atoms with van der Waals surface area (Å²) < 4.78 is 18.4. The Kier molecular flexibility index (Phi) is 5.91. The molecule has 4 nitrogen and oxygen atoms in total. The molecule has 0 aliphatic rings. The molecular weight excluding hydrogens is 305 g/mol. The van der Waals surface area contributed by atoms with Crippen LogP contribution in [0, 0.1) is 5.82 Å². The van der Waals surface area contributed by atoms with Crippen molar-refractivity contribution in [3.8, 4) is 5.75 Å². The second-order valence-electron chi connectivity index (χ2n) is 4.85. The molecule has 22 heavy (non-hydrogen) atoms. The van der Waals surface area contributed by atoms with Crippen LogP contribution in [0.15, 0.2) is 35.0 Å². The Morgan fingerprint density at radius 2 is 2.27 bits per heavy atom. The first-order valence-corrected chi connectivity index (χ1v) is 7.83. The van der Waals surface area contributed by atoms with Crippen LogP contribution in [-0.4, -0.2) is 24.7 Å². The fourth-order valence-electron chi connectivity index (χ4n) is 2.00. The van der Waals surface area contributed by atoms with Crippen molar-refractivity contribution in [2.24, 2.45) is 0 Å². The lowest BCUT2D eigenvalue weighted by molar-refractivity contribution is -0.121. The van der Waals surface area contributed by atoms with Crippen molar-refractivity contribution in [2.75, 3.05) is 13.7 Å². The third kappa shape index (κ3) is 4.54. The maximum Gasteiger partial charge on any atom is 0.220 e. The number of carbonyl (C=O) groups excluding carboxylic acids is 1. The number of benzene rings is 1. The molecule has 2 aromatic rings. The van der Waals surface area contributed by atoms with E-state index in [1.165, 1.54) is 24.5 Å². The standard InChI is InChI=1S/C16H18FNO3S/c1-21-15-4-2-11(8-13(15)17)3-5-16(20)18-9-14(19)12-6-7-22-10-12/h2,4,6-8,10,14,19H,3,5,9H2,1H3,(H,18,20). The highest BCUT2D eigenvalue weighted by Gasteiger charge is 2.10. The minimum Gasteiger partial charge on any atom is -0.494 e. The average Bonchev–Trinajstić information content (AvgIpc) is 3.05. The fraction of sp³-hybridized carbons (Fsp3) is 0.312. The van der Waals surface area contributed by atoms with Gasteiger partial charge in [0.15, 0.2) is 11.6 Å². The normalized spacial score (nSPS) is 12.0. The molecule has 0 radical (unpaired) electrons. The van der Waals surface area contributed by atoms with E-state index in [0.29, 0.717) is 6.42 Å². The van der Waals surface area contributed by atoms with Gasteiger partial charge >= 0.3 is 0 Å². The Morgan fingerprint density at radius 1 is 1.45 bits per heavy atom. The van der Waals surface area contributed by atoms with Crippen LogP contribution in [0.4, 0.5) is 4.39 Å². The van der Waals surface area contributed by atoms with Gasteiger partial charge in [-0.3, -0.25) is 4.79 Å². The average molecular weight is 323 g/mol. The summed E-state index contributed by atoms with van der Waals surface area (Å²) in [6, 6.07) is 6.46. The SMILES string of the molecule is COc1ccc(CCC(=O)NCC(O)c2ccsc2)cc1F. The van der Waals surface area contributed by atoms with Crippen molar-refractivity contribution in [3.05, 3.63) is 52.0 Å². The molecule has 1 amide bonds. The molecule has 0 spiro atoms. The summed E-state index contributed by atoms with van der Waals surface area (Å²) in [7, 11) is 1.41. The summed E-state index contributed by atoms with van der Waals surface area (Å²) in [5, 5.41) is 16.3. The number of hydrogen-bond acceptors (Lipinski definition) is 4. The van der Waals surface area contributed by atoms with Crippen molar-refractivity contribution in [1.82, 2.24) is 5.32 Å². The van der Waals surface area contributed by atoms with Crippen molar-refractivity contribution in [1.29, 1.82) is 0 Å². The van der Waals surface area contributed by atoms with Gasteiger partial charge in [-0.1, -0.05) is 6.07 Å². The van der Waals surface area contributed by atoms with E-state index >= 15 is 0 Å². The number of hydrogen-bond donors (Lipinski definition) is 2. The van der Waals surface area contributed by atoms with E-state index in [1.54, 1.807) is 12.1 Å². The molecule has 0 fully saturated rings. The van der Waals surface area contributed by atoms with Crippen LogP contribution in [0.3, 0.4) is 0 Å². The van der Waals surface area contributed by atoms with Crippen molar-refractivity contribution in [3.63, 3.8) is 0 Å². The molecule has 1 unspecified atom stereocenters. The lowest BCUT2D eigenvalue weighted by Gasteiger charge is -2.10. The molecule has 6 heteroatoms. The van der Waals surface area contributed by atoms with Gasteiger partial charge in [-0.15, -0.1) is 0 Å². The first-order valence-electron chi connectivity index (χ1n) is 6.89. The molecule has 0 aliphatic heterocycles. The number of rotatable bonds is 7. The molecule has 1 heterocycles. The molecule has 1 atom stereocenters. The third-order valence-electron chi connectivity index (χ3n) is 3.28. The molecule has 0 bridgehead atoms. The molecular formula is C16H18FNO3S. The van der Waals surface area contributed by atoms with Crippen LogP contribution in [0.25, 0.3) is 0 Å². The summed E-state index contributed by atoms with van der Waals surface area (Å²) in [4.78, 5) is 11.8. The summed E-state index contributed by atoms with van der Waals surface area (Å²) in [6.07, 6.45) is -0.0303. The number of nitrogens with one attached hydrogen (secondary N) is 1. The molecule has 2 N–H and O–H groups in total. The molecule has 1 aromatic heterocycles. The van der Waals surface area contributed by atoms with Gasteiger partial charge in [-0.2, -0.15) is 11.3 Å². The smallest absolute Gasteiger partial charge is 0.220 e. The number of amides is 1. The lowest BCUT2D eigenvalue weighted by atomic mass is 10.1. The van der Waals surface area contributed by atoms with Crippen LogP contribution in [0.1, 0.15) is 23.7 Å². The highest BCUT2D eigenvalue weighted by atomic mass is 32.1. The zero-order chi connectivity index (χ0) is 15.9. The Morgan fingerprint density at radius 3 is 2.91 bits per heavy atom. The van der Waals surface area contributed by atoms with E-state index in [0.717, 1.165) is 11.1 Å². The maximum atomic E-state index is 13.5. The minimum absolute atomic E-state index is 0.173. The zero-order valence-corrected chi connectivity index (χ0v) is 13.0. The quantitative estimate of drug-likeness (QED) is 0.823. The van der Waals surface area contributed by atoms with Gasteiger partial charge in [0, 0.05) is 13.0 Å². The van der Waals surface area contributed by atoms with Crippen LogP contribution in [0.5, 0.6) is 5.75 Å². The summed E-state index contributed by atoms with van der Waals surface area (Å²) in [5.41, 5.74) is 1.52. The maximum absolute atomic E-state index is 13.5. The van der Waals surface area contributed by atoms with Gasteiger partial charge < -0.3 is 15.2 Å². The van der Waals surface area contributed by atoms with Gasteiger partial charge in [0.1, 0.15) is 0 Å². The van der Waals surface area contributed by atoms with E-state index in [2.05, 4.69) is 5.32 Å². The van der Waals surface area contributed by atoms with Crippen LogP contribution < -0.4 is 10.1 Å². The number of ether oxygens (including phenoxy) is 1. The van der Waals surface area contributed by atoms with E-state index in [4.69, 9.17) is 4.74 Å². The second kappa shape index (κ2) is 7.91. The van der Waals surface area contributed by atoms with Gasteiger partial charge in [0.25, 0.3) is 0 Å². The molecule has 0 saturated carbocycles. The van der Waals surface area contributed by atoms with E-state index in [1.807, 2.05) is 16.8 Å². The van der Waals surface area contributed by atoms with Crippen LogP contribution >= 0.6 is 11.3 Å². The largest absolute Gasteiger partial charge is 0.494 e. The Labute approximate surface area is 132 Å². The molecule has 0 saturated heterocycles. The van der Waals surface area contributed by atoms with Gasteiger partial charge in [0.2, 0.25) is 5.91 Å². The number of aryl methyl sites for hydroxylation is 1. The van der Waals surface area contributed by atoms with Gasteiger partial charge in [-0.25, -0.2) is 4.39 Å². The van der Waals surface area contributed by atoms with Crippen LogP contribution in [-0.2, 0) is 11.2 Å². The lowest BCUT2D eigenvalue weighted by Crippen LogP contribution is -2.28. The number of aliphatic hydroxyl groups is 1. The number of carbonyl (C=O) groups is 1. The molecule has 1 aromatic carbocycles. The predicted molar refractivity (Wildman–Crippen MR) is 83.6 cm³/mol. The van der Waals surface area contributed by atoms with Crippen molar-refractivity contribution in [2.45, 2.75) is 18.9 Å². The van der Waals surface area contributed by atoms with E-state index in [-0.39, 0.29) is 24.6 Å². The monoisotopic (exact) mass is 323 g/mol. The van der Waals surface area contributed by atoms with Gasteiger partial charge in [-0.05, 0) is 46.5 Å². The van der Waals surface area contributed by atoms with E-state index in [9.17, 15) is 14.3 Å². The Balaban J connectivity index is 1.77. The van der Waals surface area contributed by atoms with Crippen molar-refractivity contribution >= 4 is 17.2 Å². The number of halogens is 1. The van der Waals surface area contributed by atoms with Crippen LogP contribution in [0.2, 0.25) is 0 Å². The molecule has 118 valence electrons. The molecule has 2 rings (SSSR count). The number of thiophene rings is 1. The first-order chi connectivity index (χ1) is 10.6. The van der Waals surface area contributed by atoms with E-state index < -0.39 is 11.9 Å². The van der Waals surface area contributed by atoms with Crippen molar-refractivity contribution < 1.29 is 19.0 Å². The predicted octanol–water partition coefficient (Wildman–Crippen LogP) is 2.68. The topological polar surface area (TPSA) is 58.6 Å². The number of aliphatic hydroxyl groups excluding tert-OH is 1. The highest BCUT2D eigenvalue weighted by molar-refractivity contribution is 7.07. The Bertz CT molecular complexity index is 616. The Hall–Kier alpha value is -1.92. The zero-order valence-electron chi connectivity index (χ0n) is 12.2. The van der Waals surface area contributed by atoms with Gasteiger partial charge in [0.05, 0.1) is 13.2 Å². The summed E-state index contributed by atoms with van der Waals surface area (Å²) in [5.74, 6) is -0.425. The first kappa shape index (κ1) is 16.5. The highest BCUT2D eigenvalue weighted by Crippen LogP contribution is 2.18. The summed E-state index contributed by atoms with van der Waals surface area (Å²) in [6.45, 7) is 0.173. The third-order valence-corrected chi connectivity index (χ3v) is 3.98. The molecule has 0 aliphatic carbocycles. The number of methoxy groups -OCH3 is 1.